The van der Waals surface area contributed by atoms with Crippen molar-refractivity contribution in [3.63, 3.8) is 0 Å². The van der Waals surface area contributed by atoms with E-state index in [9.17, 15) is 35.5 Å². The van der Waals surface area contributed by atoms with Crippen molar-refractivity contribution < 1.29 is 35.5 Å². The van der Waals surface area contributed by atoms with E-state index in [1.54, 1.807) is 0 Å². The lowest BCUT2D eigenvalue weighted by molar-refractivity contribution is -0.139. The number of thioether (sulfide) groups is 1. The number of nitrogens with one attached hydrogen (secondary N) is 1. The third-order valence-corrected chi connectivity index (χ3v) is 7.21. The Labute approximate surface area is 222 Å². The first-order chi connectivity index (χ1) is 16.5. The van der Waals surface area contributed by atoms with Gasteiger partial charge >= 0.3 is 12.4 Å². The number of hydrogen-bond donors (Lipinski definition) is 1. The lowest BCUT2D eigenvalue weighted by atomic mass is 9.96. The average molecular weight is 597 g/mol. The zero-order valence-corrected chi connectivity index (χ0v) is 21.7. The fraction of sp³-hybridized carbons (Fsp3) is 0.348. The largest absolute Gasteiger partial charge is 0.399 e. The van der Waals surface area contributed by atoms with Crippen molar-refractivity contribution in [2.24, 2.45) is 0 Å². The molecule has 2 aromatic carbocycles. The molecule has 2 nitrogen and oxygen atoms in total. The van der Waals surface area contributed by atoms with E-state index >= 15 is 0 Å². The van der Waals surface area contributed by atoms with E-state index in [1.165, 1.54) is 19.9 Å². The van der Waals surface area contributed by atoms with E-state index in [2.05, 4.69) is 5.32 Å². The van der Waals surface area contributed by atoms with Crippen molar-refractivity contribution in [1.29, 1.82) is 0 Å². The number of hydrogen-bond acceptors (Lipinski definition) is 2. The number of carbonyl (C=O) groups excluding carboxylic acids is 1. The highest BCUT2D eigenvalue weighted by molar-refractivity contribution is 7.99. The Morgan fingerprint density at radius 2 is 1.64 bits per heavy atom. The van der Waals surface area contributed by atoms with Crippen LogP contribution in [0.1, 0.15) is 39.9 Å². The molecule has 2 atom stereocenters. The van der Waals surface area contributed by atoms with Gasteiger partial charge in [0.2, 0.25) is 0 Å². The van der Waals surface area contributed by atoms with Crippen molar-refractivity contribution >= 4 is 58.5 Å². The predicted molar refractivity (Wildman–Crippen MR) is 131 cm³/mol. The Hall–Kier alpha value is -1.62. The fourth-order valence-electron chi connectivity index (χ4n) is 3.21. The zero-order chi connectivity index (χ0) is 27.4. The number of aryl methyl sites for hydroxylation is 1. The van der Waals surface area contributed by atoms with E-state index < -0.39 is 41.8 Å². The summed E-state index contributed by atoms with van der Waals surface area (Å²) in [4.78, 5) is 12.5. The maximum Gasteiger partial charge on any atom is 0.399 e. The maximum absolute atomic E-state index is 14.7. The van der Waals surface area contributed by atoms with Crippen molar-refractivity contribution in [3.8, 4) is 0 Å². The molecule has 0 spiro atoms. The van der Waals surface area contributed by atoms with E-state index in [-0.39, 0.29) is 43.1 Å². The number of benzene rings is 2. The van der Waals surface area contributed by atoms with Gasteiger partial charge in [0.25, 0.3) is 5.91 Å². The third kappa shape index (κ3) is 8.75. The molecule has 0 saturated heterocycles. The highest BCUT2D eigenvalue weighted by atomic mass is 35.5. The van der Waals surface area contributed by atoms with Gasteiger partial charge in [-0.2, -0.15) is 38.1 Å². The summed E-state index contributed by atoms with van der Waals surface area (Å²) in [6.07, 6.45) is -7.24. The third-order valence-electron chi connectivity index (χ3n) is 4.75. The Balaban J connectivity index is 2.23. The van der Waals surface area contributed by atoms with Gasteiger partial charge in [-0.25, -0.2) is 4.39 Å². The number of halogens is 10. The molecule has 0 saturated carbocycles. The Morgan fingerprint density at radius 3 is 2.14 bits per heavy atom. The summed E-state index contributed by atoms with van der Waals surface area (Å²) in [6, 6.07) is 3.58. The van der Waals surface area contributed by atoms with E-state index in [0.29, 0.717) is 11.8 Å². The van der Waals surface area contributed by atoms with Crippen LogP contribution in [0.3, 0.4) is 0 Å². The summed E-state index contributed by atoms with van der Waals surface area (Å²) in [5.74, 6) is -5.12. The summed E-state index contributed by atoms with van der Waals surface area (Å²) in [5, 5.41) is 2.01. The van der Waals surface area contributed by atoms with Crippen LogP contribution in [0.4, 0.5) is 30.7 Å². The molecule has 0 aliphatic heterocycles. The molecule has 2 rings (SSSR count). The molecule has 0 aliphatic carbocycles. The van der Waals surface area contributed by atoms with Gasteiger partial charge in [0.05, 0.1) is 32.3 Å². The molecule has 2 aromatic rings. The van der Waals surface area contributed by atoms with Crippen LogP contribution in [0.15, 0.2) is 30.3 Å². The minimum atomic E-state index is -4.73. The van der Waals surface area contributed by atoms with Crippen LogP contribution in [0.2, 0.25) is 15.1 Å². The van der Waals surface area contributed by atoms with Crippen LogP contribution < -0.4 is 5.32 Å². The maximum atomic E-state index is 14.7. The summed E-state index contributed by atoms with van der Waals surface area (Å²) in [5.41, 5.74) is -0.452. The van der Waals surface area contributed by atoms with Crippen molar-refractivity contribution in [2.45, 2.75) is 38.2 Å². The van der Waals surface area contributed by atoms with Gasteiger partial charge in [0.1, 0.15) is 5.82 Å². The minimum Gasteiger partial charge on any atom is -0.349 e. The summed E-state index contributed by atoms with van der Waals surface area (Å²) in [6.45, 7) is 2.86. The second kappa shape index (κ2) is 12.3. The summed E-state index contributed by atoms with van der Waals surface area (Å²) < 4.78 is 92.7. The van der Waals surface area contributed by atoms with Crippen LogP contribution in [0.5, 0.6) is 0 Å². The monoisotopic (exact) mass is 595 g/mol. The smallest absolute Gasteiger partial charge is 0.349 e. The van der Waals surface area contributed by atoms with E-state index in [0.717, 1.165) is 30.4 Å². The van der Waals surface area contributed by atoms with Crippen molar-refractivity contribution in [3.05, 3.63) is 73.5 Å². The van der Waals surface area contributed by atoms with Gasteiger partial charge in [-0.05, 0) is 48.7 Å². The Morgan fingerprint density at radius 1 is 1.06 bits per heavy atom. The van der Waals surface area contributed by atoms with Gasteiger partial charge in [-0.1, -0.05) is 53.0 Å². The van der Waals surface area contributed by atoms with Gasteiger partial charge in [-0.15, -0.1) is 0 Å². The average Bonchev–Trinajstić information content (AvgIpc) is 2.69. The molecular weight excluding hydrogens is 578 g/mol. The van der Waals surface area contributed by atoms with Crippen LogP contribution >= 0.6 is 46.6 Å². The molecule has 2 unspecified atom stereocenters. The van der Waals surface area contributed by atoms with Gasteiger partial charge in [0, 0.05) is 11.8 Å². The predicted octanol–water partition coefficient (Wildman–Crippen LogP) is 8.87. The molecule has 1 amide bonds. The van der Waals surface area contributed by atoms with E-state index in [4.69, 9.17) is 34.8 Å². The lowest BCUT2D eigenvalue weighted by Gasteiger charge is -2.18. The number of amides is 1. The highest BCUT2D eigenvalue weighted by Gasteiger charge is 2.39. The molecule has 0 bridgehead atoms. The molecule has 0 aliphatic rings. The molecular formula is C23H19Cl3F7NOS. The van der Waals surface area contributed by atoms with Crippen molar-refractivity contribution in [2.75, 3.05) is 11.5 Å². The quantitative estimate of drug-likeness (QED) is 0.244. The van der Waals surface area contributed by atoms with Crippen LogP contribution in [0.25, 0.3) is 6.08 Å². The molecule has 36 heavy (non-hydrogen) atoms. The molecule has 198 valence electrons. The van der Waals surface area contributed by atoms with Crippen LogP contribution in [-0.4, -0.2) is 35.8 Å². The number of alkyl halides is 6. The van der Waals surface area contributed by atoms with Crippen LogP contribution in [-0.2, 0) is 0 Å². The molecule has 0 radical (unpaired) electrons. The van der Waals surface area contributed by atoms with E-state index in [1.807, 2.05) is 0 Å². The molecule has 1 N–H and O–H groups in total. The molecule has 0 heterocycles. The standard InChI is InChI=1S/C23H19Cl3F7NOS/c1-11-5-13(3-4-15(23(31,32)33)14-7-16(24)20(26)17(25)8-14)6-18(27)19(11)21(35)34-12(2)9-36-10-22(28,29)30/h3-8,12,15H,9-10H2,1-2H3,(H,34,35)/b4-3+. The Kier molecular flexibility index (Phi) is 10.4. The molecule has 0 fully saturated rings. The molecule has 13 heteroatoms. The molecule has 0 aromatic heterocycles. The second-order valence-electron chi connectivity index (χ2n) is 7.88. The van der Waals surface area contributed by atoms with Crippen molar-refractivity contribution in [1.82, 2.24) is 5.32 Å². The summed E-state index contributed by atoms with van der Waals surface area (Å²) >= 11 is 18.1. The Bertz CT molecular complexity index is 1090. The van der Waals surface area contributed by atoms with Gasteiger partial charge < -0.3 is 5.32 Å². The topological polar surface area (TPSA) is 29.1 Å². The first kappa shape index (κ1) is 30.6. The first-order valence-corrected chi connectivity index (χ1v) is 12.4. The number of allylic oxidation sites excluding steroid dienone is 1. The lowest BCUT2D eigenvalue weighted by Crippen LogP contribution is -2.35. The summed E-state index contributed by atoms with van der Waals surface area (Å²) in [7, 11) is 0. The number of rotatable bonds is 8. The van der Waals surface area contributed by atoms with Crippen LogP contribution in [0, 0.1) is 12.7 Å². The van der Waals surface area contributed by atoms with Gasteiger partial charge in [0.15, 0.2) is 0 Å². The second-order valence-corrected chi connectivity index (χ2v) is 10.1. The number of carbonyl (C=O) groups is 1. The zero-order valence-electron chi connectivity index (χ0n) is 18.6. The normalized spacial score (nSPS) is 14.2. The minimum absolute atomic E-state index is 0.0513. The van der Waals surface area contributed by atoms with Gasteiger partial charge in [-0.3, -0.25) is 4.79 Å². The highest BCUT2D eigenvalue weighted by Crippen LogP contribution is 2.41. The SMILES string of the molecule is Cc1cc(/C=C/C(c2cc(Cl)c(Cl)c(Cl)c2)C(F)(F)F)cc(F)c1C(=O)NC(C)CSCC(F)(F)F. The fourth-order valence-corrected chi connectivity index (χ4v) is 4.61. The first-order valence-electron chi connectivity index (χ1n) is 10.1.